The Kier molecular flexibility index (Phi) is 4.42. The zero-order valence-corrected chi connectivity index (χ0v) is 16.6. The second-order valence-electron chi connectivity index (χ2n) is 6.14. The van der Waals surface area contributed by atoms with Gasteiger partial charge in [0.25, 0.3) is 0 Å². The average molecular weight is 442 g/mol. The van der Waals surface area contributed by atoms with Crippen molar-refractivity contribution in [3.63, 3.8) is 0 Å². The quantitative estimate of drug-likeness (QED) is 0.619. The van der Waals surface area contributed by atoms with E-state index in [1.807, 2.05) is 49.4 Å². The van der Waals surface area contributed by atoms with Gasteiger partial charge in [0.1, 0.15) is 11.6 Å². The molecule has 1 aromatic heterocycles. The molecule has 0 fully saturated rings. The molecule has 4 rings (SSSR count). The molecule has 0 saturated heterocycles. The molecule has 0 spiro atoms. The van der Waals surface area contributed by atoms with Crippen LogP contribution in [0.3, 0.4) is 0 Å². The summed E-state index contributed by atoms with van der Waals surface area (Å²) in [5.41, 5.74) is 9.59. The largest absolute Gasteiger partial charge is 0.422 e. The molecule has 2 heterocycles. The number of aryl methyl sites for hydroxylation is 1. The third kappa shape index (κ3) is 2.89. The van der Waals surface area contributed by atoms with Crippen molar-refractivity contribution >= 4 is 27.5 Å². The van der Waals surface area contributed by atoms with E-state index >= 15 is 0 Å². The van der Waals surface area contributed by atoms with Crippen molar-refractivity contribution in [2.75, 3.05) is 0 Å². The smallest absolute Gasteiger partial charge is 0.229 e. The first-order valence-corrected chi connectivity index (χ1v) is 9.36. The first-order chi connectivity index (χ1) is 13.0. The van der Waals surface area contributed by atoms with Crippen LogP contribution < -0.4 is 10.5 Å². The first-order valence-electron chi connectivity index (χ1n) is 8.18. The van der Waals surface area contributed by atoms with Crippen LogP contribution in [0.1, 0.15) is 22.7 Å². The van der Waals surface area contributed by atoms with Gasteiger partial charge >= 0.3 is 0 Å². The minimum Gasteiger partial charge on any atom is -0.422 e. The van der Waals surface area contributed by atoms with Crippen molar-refractivity contribution in [3.05, 3.63) is 86.3 Å². The van der Waals surface area contributed by atoms with Gasteiger partial charge in [0.15, 0.2) is 0 Å². The summed E-state index contributed by atoms with van der Waals surface area (Å²) >= 11 is 9.88. The molecular formula is C20H14BrClN4O. The highest BCUT2D eigenvalue weighted by molar-refractivity contribution is 9.10. The van der Waals surface area contributed by atoms with Gasteiger partial charge < -0.3 is 10.5 Å². The highest BCUT2D eigenvalue weighted by Gasteiger charge is 2.36. The molecule has 27 heavy (non-hydrogen) atoms. The second kappa shape index (κ2) is 6.76. The van der Waals surface area contributed by atoms with Crippen LogP contribution in [0.4, 0.5) is 0 Å². The van der Waals surface area contributed by atoms with Crippen molar-refractivity contribution in [3.8, 4) is 17.6 Å². The molecule has 5 nitrogen and oxygen atoms in total. The van der Waals surface area contributed by atoms with Crippen molar-refractivity contribution in [2.45, 2.75) is 12.8 Å². The van der Waals surface area contributed by atoms with Crippen molar-refractivity contribution in [1.82, 2.24) is 9.78 Å². The molecule has 1 aliphatic heterocycles. The molecule has 1 atom stereocenters. The predicted molar refractivity (Wildman–Crippen MR) is 107 cm³/mol. The Morgan fingerprint density at radius 2 is 1.93 bits per heavy atom. The van der Waals surface area contributed by atoms with Crippen LogP contribution in [0.25, 0.3) is 5.69 Å². The molecule has 7 heteroatoms. The van der Waals surface area contributed by atoms with Gasteiger partial charge in [-0.15, -0.1) is 0 Å². The first kappa shape index (κ1) is 17.7. The Balaban J connectivity index is 1.97. The number of nitriles is 1. The Morgan fingerprint density at radius 3 is 2.59 bits per heavy atom. The number of hydrogen-bond acceptors (Lipinski definition) is 4. The molecule has 0 radical (unpaired) electrons. The number of halogens is 2. The van der Waals surface area contributed by atoms with E-state index in [1.165, 1.54) is 0 Å². The van der Waals surface area contributed by atoms with Gasteiger partial charge in [0.05, 0.1) is 22.9 Å². The zero-order valence-electron chi connectivity index (χ0n) is 14.3. The summed E-state index contributed by atoms with van der Waals surface area (Å²) in [7, 11) is 0. The molecule has 1 aliphatic rings. The third-order valence-corrected chi connectivity index (χ3v) is 5.39. The maximum absolute atomic E-state index is 9.71. The van der Waals surface area contributed by atoms with Crippen LogP contribution in [-0.2, 0) is 0 Å². The van der Waals surface area contributed by atoms with Gasteiger partial charge in [0, 0.05) is 9.50 Å². The number of nitrogens with two attached hydrogens (primary N) is 1. The lowest BCUT2D eigenvalue weighted by Crippen LogP contribution is -2.22. The Labute approximate surface area is 169 Å². The number of aromatic nitrogens is 2. The topological polar surface area (TPSA) is 76.9 Å². The lowest BCUT2D eigenvalue weighted by Gasteiger charge is -2.25. The molecule has 0 aliphatic carbocycles. The molecule has 1 unspecified atom stereocenters. The van der Waals surface area contributed by atoms with E-state index in [0.29, 0.717) is 16.5 Å². The number of benzene rings is 2. The van der Waals surface area contributed by atoms with E-state index in [2.05, 4.69) is 27.1 Å². The molecule has 0 saturated carbocycles. The highest BCUT2D eigenvalue weighted by atomic mass is 79.9. The highest BCUT2D eigenvalue weighted by Crippen LogP contribution is 2.46. The van der Waals surface area contributed by atoms with Crippen molar-refractivity contribution in [2.24, 2.45) is 5.73 Å². The zero-order chi connectivity index (χ0) is 19.1. The summed E-state index contributed by atoms with van der Waals surface area (Å²) in [6.07, 6.45) is 0. The normalized spacial score (nSPS) is 15.9. The lowest BCUT2D eigenvalue weighted by molar-refractivity contribution is 0.367. The standard InChI is InChI=1S/C20H14BrClN4O/c1-11-17-18(14-4-2-3-5-16(14)22)15(10-23)19(24)27-20(17)26(25-11)13-8-6-12(21)7-9-13/h2-9,18H,24H2,1H3. The fourth-order valence-electron chi connectivity index (χ4n) is 3.29. The number of allylic oxidation sites excluding steroid dienone is 1. The predicted octanol–water partition coefficient (Wildman–Crippen LogP) is 4.81. The second-order valence-corrected chi connectivity index (χ2v) is 7.46. The van der Waals surface area contributed by atoms with Gasteiger partial charge in [-0.3, -0.25) is 0 Å². The maximum Gasteiger partial charge on any atom is 0.229 e. The van der Waals surface area contributed by atoms with E-state index in [4.69, 9.17) is 22.1 Å². The van der Waals surface area contributed by atoms with Crippen LogP contribution in [0, 0.1) is 18.3 Å². The molecule has 0 bridgehead atoms. The number of fused-ring (bicyclic) bond motifs is 1. The molecule has 134 valence electrons. The fourth-order valence-corrected chi connectivity index (χ4v) is 3.80. The summed E-state index contributed by atoms with van der Waals surface area (Å²) < 4.78 is 8.50. The Hall–Kier alpha value is -2.75. The van der Waals surface area contributed by atoms with Crippen LogP contribution in [0.15, 0.2) is 64.5 Å². The Morgan fingerprint density at radius 1 is 1.22 bits per heavy atom. The van der Waals surface area contributed by atoms with Crippen LogP contribution >= 0.6 is 27.5 Å². The van der Waals surface area contributed by atoms with E-state index in [9.17, 15) is 5.26 Å². The molecule has 0 amide bonds. The molecule has 3 aromatic rings. The summed E-state index contributed by atoms with van der Waals surface area (Å²) in [4.78, 5) is 0. The number of nitrogens with zero attached hydrogens (tertiary/aromatic N) is 3. The van der Waals surface area contributed by atoms with Gasteiger partial charge in [-0.1, -0.05) is 45.7 Å². The van der Waals surface area contributed by atoms with Crippen molar-refractivity contribution in [1.29, 1.82) is 5.26 Å². The number of rotatable bonds is 2. The molecular weight excluding hydrogens is 428 g/mol. The van der Waals surface area contributed by atoms with Crippen molar-refractivity contribution < 1.29 is 4.74 Å². The molecule has 2 N–H and O–H groups in total. The van der Waals surface area contributed by atoms with Crippen LogP contribution in [0.5, 0.6) is 5.88 Å². The third-order valence-electron chi connectivity index (χ3n) is 4.52. The maximum atomic E-state index is 9.71. The van der Waals surface area contributed by atoms with Gasteiger partial charge in [-0.2, -0.15) is 10.4 Å². The lowest BCUT2D eigenvalue weighted by atomic mass is 9.84. The van der Waals surface area contributed by atoms with E-state index < -0.39 is 5.92 Å². The van der Waals surface area contributed by atoms with Gasteiger partial charge in [-0.25, -0.2) is 4.68 Å². The van der Waals surface area contributed by atoms with E-state index in [-0.39, 0.29) is 5.88 Å². The monoisotopic (exact) mass is 440 g/mol. The fraction of sp³-hybridized carbons (Fsp3) is 0.100. The Bertz CT molecular complexity index is 1110. The van der Waals surface area contributed by atoms with Crippen LogP contribution in [-0.4, -0.2) is 9.78 Å². The summed E-state index contributed by atoms with van der Waals surface area (Å²) in [5.74, 6) is 0.126. The SMILES string of the molecule is Cc1nn(-c2ccc(Br)cc2)c2c1C(c1ccccc1Cl)C(C#N)=C(N)O2. The minimum absolute atomic E-state index is 0.0631. The van der Waals surface area contributed by atoms with Crippen LogP contribution in [0.2, 0.25) is 5.02 Å². The number of ether oxygens (including phenoxy) is 1. The van der Waals surface area contributed by atoms with Gasteiger partial charge in [-0.05, 0) is 42.8 Å². The summed E-state index contributed by atoms with van der Waals surface area (Å²) in [5, 5.41) is 14.9. The van der Waals surface area contributed by atoms with Gasteiger partial charge in [0.2, 0.25) is 11.8 Å². The summed E-state index contributed by atoms with van der Waals surface area (Å²) in [6.45, 7) is 1.89. The minimum atomic E-state index is -0.434. The molecule has 2 aromatic carbocycles. The van der Waals surface area contributed by atoms with E-state index in [1.54, 1.807) is 10.7 Å². The summed E-state index contributed by atoms with van der Waals surface area (Å²) in [6, 6.07) is 17.3. The van der Waals surface area contributed by atoms with E-state index in [0.717, 1.165) is 27.0 Å². The number of hydrogen-bond donors (Lipinski definition) is 1. The average Bonchev–Trinajstić information content (AvgIpc) is 2.98.